The van der Waals surface area contributed by atoms with Crippen molar-refractivity contribution in [3.63, 3.8) is 0 Å². The van der Waals surface area contributed by atoms with Crippen molar-refractivity contribution in [1.82, 2.24) is 19.3 Å². The van der Waals surface area contributed by atoms with E-state index in [0.717, 1.165) is 55.3 Å². The quantitative estimate of drug-likeness (QED) is 0.850. The van der Waals surface area contributed by atoms with E-state index in [0.29, 0.717) is 5.92 Å². The fourth-order valence-electron chi connectivity index (χ4n) is 2.55. The van der Waals surface area contributed by atoms with E-state index in [1.807, 2.05) is 17.1 Å². The molecule has 0 aliphatic carbocycles. The molecule has 2 N–H and O–H groups in total. The minimum absolute atomic E-state index is 0.549. The first-order chi connectivity index (χ1) is 10.1. The summed E-state index contributed by atoms with van der Waals surface area (Å²) >= 11 is 0. The normalized spacial score (nSPS) is 11.5. The van der Waals surface area contributed by atoms with Crippen LogP contribution in [-0.2, 0) is 19.5 Å². The number of anilines is 1. The Kier molecular flexibility index (Phi) is 5.04. The topological polar surface area (TPSA) is 61.7 Å². The SMILES string of the molecule is CCCc1nc(-c2cnn(CCC)c2)c(N)n1CC(C)C. The lowest BCUT2D eigenvalue weighted by Gasteiger charge is -2.11. The lowest BCUT2D eigenvalue weighted by Crippen LogP contribution is -2.11. The summed E-state index contributed by atoms with van der Waals surface area (Å²) in [5.74, 6) is 2.40. The Morgan fingerprint density at radius 1 is 1.24 bits per heavy atom. The van der Waals surface area contributed by atoms with Crippen molar-refractivity contribution < 1.29 is 0 Å². The summed E-state index contributed by atoms with van der Waals surface area (Å²) in [6.07, 6.45) is 7.00. The molecule has 0 atom stereocenters. The molecular formula is C16H27N5. The molecule has 2 aromatic rings. The summed E-state index contributed by atoms with van der Waals surface area (Å²) in [4.78, 5) is 4.78. The van der Waals surface area contributed by atoms with E-state index >= 15 is 0 Å². The first-order valence-corrected chi connectivity index (χ1v) is 7.94. The summed E-state index contributed by atoms with van der Waals surface area (Å²) in [5, 5.41) is 4.38. The molecule has 21 heavy (non-hydrogen) atoms. The fourth-order valence-corrected chi connectivity index (χ4v) is 2.55. The molecule has 0 saturated carbocycles. The average molecular weight is 289 g/mol. The number of nitrogen functional groups attached to an aromatic ring is 1. The molecule has 0 aromatic carbocycles. The van der Waals surface area contributed by atoms with Crippen molar-refractivity contribution >= 4 is 5.82 Å². The first kappa shape index (κ1) is 15.6. The van der Waals surface area contributed by atoms with Crippen LogP contribution in [0.3, 0.4) is 0 Å². The number of imidazole rings is 1. The number of nitrogens with two attached hydrogens (primary N) is 1. The molecule has 116 valence electrons. The maximum Gasteiger partial charge on any atom is 0.131 e. The zero-order chi connectivity index (χ0) is 15.4. The van der Waals surface area contributed by atoms with Gasteiger partial charge >= 0.3 is 0 Å². The van der Waals surface area contributed by atoms with Crippen LogP contribution in [0.25, 0.3) is 11.3 Å². The van der Waals surface area contributed by atoms with Crippen LogP contribution in [0.15, 0.2) is 12.4 Å². The van der Waals surface area contributed by atoms with Crippen molar-refractivity contribution in [2.45, 2.75) is 60.0 Å². The van der Waals surface area contributed by atoms with E-state index in [9.17, 15) is 0 Å². The molecule has 0 aliphatic rings. The Morgan fingerprint density at radius 2 is 2.00 bits per heavy atom. The molecule has 0 aliphatic heterocycles. The molecule has 2 heterocycles. The van der Waals surface area contributed by atoms with E-state index in [1.54, 1.807) is 0 Å². The summed E-state index contributed by atoms with van der Waals surface area (Å²) in [6, 6.07) is 0. The average Bonchev–Trinajstić information content (AvgIpc) is 2.99. The molecule has 0 unspecified atom stereocenters. The highest BCUT2D eigenvalue weighted by atomic mass is 15.3. The van der Waals surface area contributed by atoms with Crippen LogP contribution in [-0.4, -0.2) is 19.3 Å². The molecule has 5 heteroatoms. The summed E-state index contributed by atoms with van der Waals surface area (Å²) in [7, 11) is 0. The van der Waals surface area contributed by atoms with Crippen molar-refractivity contribution in [2.75, 3.05) is 5.73 Å². The first-order valence-electron chi connectivity index (χ1n) is 7.94. The standard InChI is InChI=1S/C16H27N5/c1-5-7-14-19-15(16(17)21(14)10-12(3)4)13-9-18-20(11-13)8-6-2/h9,11-12H,5-8,10,17H2,1-4H3. The third-order valence-corrected chi connectivity index (χ3v) is 3.47. The molecular weight excluding hydrogens is 262 g/mol. The number of hydrogen-bond donors (Lipinski definition) is 1. The maximum atomic E-state index is 6.36. The van der Waals surface area contributed by atoms with Gasteiger partial charge in [-0.05, 0) is 18.8 Å². The van der Waals surface area contributed by atoms with Gasteiger partial charge in [0.15, 0.2) is 0 Å². The van der Waals surface area contributed by atoms with Gasteiger partial charge in [0.05, 0.1) is 6.20 Å². The minimum atomic E-state index is 0.549. The van der Waals surface area contributed by atoms with Crippen LogP contribution in [0.5, 0.6) is 0 Å². The Labute approximate surface area is 127 Å². The minimum Gasteiger partial charge on any atom is -0.383 e. The molecule has 0 fully saturated rings. The number of aryl methyl sites for hydroxylation is 2. The molecule has 0 amide bonds. The third-order valence-electron chi connectivity index (χ3n) is 3.47. The van der Waals surface area contributed by atoms with Gasteiger partial charge in [-0.2, -0.15) is 5.10 Å². The number of nitrogens with zero attached hydrogens (tertiary/aromatic N) is 4. The molecule has 2 rings (SSSR count). The Bertz CT molecular complexity index is 580. The second-order valence-electron chi connectivity index (χ2n) is 6.01. The van der Waals surface area contributed by atoms with Crippen molar-refractivity contribution in [2.24, 2.45) is 5.92 Å². The van der Waals surface area contributed by atoms with Gasteiger partial charge in [0.2, 0.25) is 0 Å². The summed E-state index contributed by atoms with van der Waals surface area (Å²) in [6.45, 7) is 10.6. The van der Waals surface area contributed by atoms with Crippen LogP contribution in [0.4, 0.5) is 5.82 Å². The van der Waals surface area contributed by atoms with Gasteiger partial charge in [0, 0.05) is 31.3 Å². The fraction of sp³-hybridized carbons (Fsp3) is 0.625. The largest absolute Gasteiger partial charge is 0.383 e. The van der Waals surface area contributed by atoms with Gasteiger partial charge in [0.1, 0.15) is 17.3 Å². The van der Waals surface area contributed by atoms with E-state index in [4.69, 9.17) is 10.7 Å². The van der Waals surface area contributed by atoms with Crippen molar-refractivity contribution in [3.8, 4) is 11.3 Å². The molecule has 0 bridgehead atoms. The number of rotatable bonds is 7. The highest BCUT2D eigenvalue weighted by molar-refractivity contribution is 5.70. The van der Waals surface area contributed by atoms with Gasteiger partial charge < -0.3 is 10.3 Å². The highest BCUT2D eigenvalue weighted by Gasteiger charge is 2.17. The maximum absolute atomic E-state index is 6.36. The third kappa shape index (κ3) is 3.46. The predicted molar refractivity (Wildman–Crippen MR) is 87.0 cm³/mol. The van der Waals surface area contributed by atoms with E-state index < -0.39 is 0 Å². The molecule has 0 radical (unpaired) electrons. The summed E-state index contributed by atoms with van der Waals surface area (Å²) in [5.41, 5.74) is 8.25. The van der Waals surface area contributed by atoms with E-state index in [1.165, 1.54) is 0 Å². The highest BCUT2D eigenvalue weighted by Crippen LogP contribution is 2.27. The number of hydrogen-bond acceptors (Lipinski definition) is 3. The van der Waals surface area contributed by atoms with Gasteiger partial charge in [0.25, 0.3) is 0 Å². The smallest absolute Gasteiger partial charge is 0.131 e. The predicted octanol–water partition coefficient (Wildman–Crippen LogP) is 3.35. The second-order valence-corrected chi connectivity index (χ2v) is 6.01. The van der Waals surface area contributed by atoms with Crippen LogP contribution >= 0.6 is 0 Å². The van der Waals surface area contributed by atoms with E-state index in [2.05, 4.69) is 37.4 Å². The lowest BCUT2D eigenvalue weighted by molar-refractivity contribution is 0.510. The second kappa shape index (κ2) is 6.78. The van der Waals surface area contributed by atoms with E-state index in [-0.39, 0.29) is 0 Å². The van der Waals surface area contributed by atoms with Crippen LogP contribution in [0.2, 0.25) is 0 Å². The number of aromatic nitrogens is 4. The monoisotopic (exact) mass is 289 g/mol. The zero-order valence-electron chi connectivity index (χ0n) is 13.6. The van der Waals surface area contributed by atoms with Gasteiger partial charge in [-0.25, -0.2) is 4.98 Å². The van der Waals surface area contributed by atoms with Gasteiger partial charge in [-0.1, -0.05) is 27.7 Å². The Hall–Kier alpha value is -1.78. The van der Waals surface area contributed by atoms with Crippen LogP contribution in [0.1, 0.15) is 46.4 Å². The molecule has 2 aromatic heterocycles. The lowest BCUT2D eigenvalue weighted by atomic mass is 10.2. The molecule has 0 saturated heterocycles. The van der Waals surface area contributed by atoms with Crippen molar-refractivity contribution in [1.29, 1.82) is 0 Å². The molecule has 0 spiro atoms. The van der Waals surface area contributed by atoms with Crippen LogP contribution in [0, 0.1) is 5.92 Å². The van der Waals surface area contributed by atoms with Crippen LogP contribution < -0.4 is 5.73 Å². The Morgan fingerprint density at radius 3 is 2.62 bits per heavy atom. The van der Waals surface area contributed by atoms with Crippen molar-refractivity contribution in [3.05, 3.63) is 18.2 Å². The zero-order valence-corrected chi connectivity index (χ0v) is 13.6. The molecule has 5 nitrogen and oxygen atoms in total. The Balaban J connectivity index is 2.38. The van der Waals surface area contributed by atoms with Gasteiger partial charge in [-0.15, -0.1) is 0 Å². The van der Waals surface area contributed by atoms with Gasteiger partial charge in [-0.3, -0.25) is 4.68 Å². The summed E-state index contributed by atoms with van der Waals surface area (Å²) < 4.78 is 4.12.